The topological polar surface area (TPSA) is 55.3 Å². The van der Waals surface area contributed by atoms with Crippen molar-refractivity contribution in [2.45, 2.75) is 45.7 Å². The van der Waals surface area contributed by atoms with Crippen LogP contribution < -0.4 is 11.5 Å². The Morgan fingerprint density at radius 2 is 1.58 bits per heavy atom. The fourth-order valence-corrected chi connectivity index (χ4v) is 2.89. The van der Waals surface area contributed by atoms with Gasteiger partial charge in [0.25, 0.3) is 0 Å². The average Bonchev–Trinajstić information content (AvgIpc) is 2.52. The summed E-state index contributed by atoms with van der Waals surface area (Å²) in [4.78, 5) is 2.03. The number of anilines is 1. The Bertz CT molecular complexity index is 684. The van der Waals surface area contributed by atoms with Crippen LogP contribution in [0, 0.1) is 0 Å². The van der Waals surface area contributed by atoms with Gasteiger partial charge in [0.15, 0.2) is 5.11 Å². The van der Waals surface area contributed by atoms with Crippen molar-refractivity contribution in [3.05, 3.63) is 65.2 Å². The Morgan fingerprint density at radius 1 is 1.04 bits per heavy atom. The SMILES string of the molecule is CC(c1ccc(N)cc1)N(Cc1ccc(C(C)(C)C)cc1)C(N)=S. The first-order valence-corrected chi connectivity index (χ1v) is 8.60. The van der Waals surface area contributed by atoms with E-state index < -0.39 is 0 Å². The van der Waals surface area contributed by atoms with E-state index in [1.165, 1.54) is 11.1 Å². The summed E-state index contributed by atoms with van der Waals surface area (Å²) in [7, 11) is 0. The third-order valence-electron chi connectivity index (χ3n) is 4.34. The molecule has 1 atom stereocenters. The third-order valence-corrected chi connectivity index (χ3v) is 4.58. The molecule has 3 nitrogen and oxygen atoms in total. The van der Waals surface area contributed by atoms with Crippen LogP contribution >= 0.6 is 12.2 Å². The molecule has 2 aromatic rings. The minimum atomic E-state index is 0.0883. The van der Waals surface area contributed by atoms with E-state index in [0.717, 1.165) is 11.3 Å². The lowest BCUT2D eigenvalue weighted by Gasteiger charge is -2.30. The van der Waals surface area contributed by atoms with Crippen LogP contribution in [-0.2, 0) is 12.0 Å². The van der Waals surface area contributed by atoms with Crippen molar-refractivity contribution in [1.29, 1.82) is 0 Å². The van der Waals surface area contributed by atoms with Crippen molar-refractivity contribution in [1.82, 2.24) is 4.90 Å². The summed E-state index contributed by atoms with van der Waals surface area (Å²) in [5.74, 6) is 0. The number of hydrogen-bond donors (Lipinski definition) is 2. The van der Waals surface area contributed by atoms with Gasteiger partial charge in [0.05, 0.1) is 6.04 Å². The van der Waals surface area contributed by atoms with Crippen LogP contribution in [0.1, 0.15) is 50.4 Å². The zero-order chi connectivity index (χ0) is 17.9. The summed E-state index contributed by atoms with van der Waals surface area (Å²) in [6.07, 6.45) is 0. The Hall–Kier alpha value is -2.07. The largest absolute Gasteiger partial charge is 0.399 e. The fraction of sp³-hybridized carbons (Fsp3) is 0.350. The molecule has 2 rings (SSSR count). The van der Waals surface area contributed by atoms with Crippen LogP contribution in [0.3, 0.4) is 0 Å². The zero-order valence-electron chi connectivity index (χ0n) is 14.9. The van der Waals surface area contributed by atoms with Crippen LogP contribution in [-0.4, -0.2) is 10.0 Å². The molecule has 0 amide bonds. The van der Waals surface area contributed by atoms with Crippen LogP contribution in [0.4, 0.5) is 5.69 Å². The highest BCUT2D eigenvalue weighted by molar-refractivity contribution is 7.80. The number of benzene rings is 2. The van der Waals surface area contributed by atoms with E-state index in [-0.39, 0.29) is 11.5 Å². The summed E-state index contributed by atoms with van der Waals surface area (Å²) < 4.78 is 0. The molecule has 0 radical (unpaired) electrons. The predicted molar refractivity (Wildman–Crippen MR) is 107 cm³/mol. The number of nitrogens with zero attached hydrogens (tertiary/aromatic N) is 1. The van der Waals surface area contributed by atoms with Crippen molar-refractivity contribution in [3.63, 3.8) is 0 Å². The van der Waals surface area contributed by atoms with Crippen molar-refractivity contribution in [2.75, 3.05) is 5.73 Å². The molecule has 0 aliphatic carbocycles. The van der Waals surface area contributed by atoms with Crippen molar-refractivity contribution in [3.8, 4) is 0 Å². The maximum atomic E-state index is 5.98. The maximum Gasteiger partial charge on any atom is 0.167 e. The van der Waals surface area contributed by atoms with Crippen molar-refractivity contribution >= 4 is 23.0 Å². The highest BCUT2D eigenvalue weighted by Crippen LogP contribution is 2.25. The van der Waals surface area contributed by atoms with Gasteiger partial charge in [-0.05, 0) is 53.4 Å². The van der Waals surface area contributed by atoms with Gasteiger partial charge in [-0.3, -0.25) is 0 Å². The number of rotatable bonds is 4. The smallest absolute Gasteiger partial charge is 0.167 e. The van der Waals surface area contributed by atoms with Gasteiger partial charge in [-0.25, -0.2) is 0 Å². The zero-order valence-corrected chi connectivity index (χ0v) is 15.7. The molecular weight excluding hydrogens is 314 g/mol. The lowest BCUT2D eigenvalue weighted by Crippen LogP contribution is -2.37. The summed E-state index contributed by atoms with van der Waals surface area (Å²) >= 11 is 5.28. The average molecular weight is 342 g/mol. The molecule has 4 N–H and O–H groups in total. The molecule has 0 aliphatic rings. The summed E-state index contributed by atoms with van der Waals surface area (Å²) in [5.41, 5.74) is 16.3. The highest BCUT2D eigenvalue weighted by atomic mass is 32.1. The third kappa shape index (κ3) is 4.48. The molecule has 2 aromatic carbocycles. The molecule has 0 bridgehead atoms. The lowest BCUT2D eigenvalue weighted by molar-refractivity contribution is 0.332. The second kappa shape index (κ2) is 7.22. The molecule has 1 unspecified atom stereocenters. The number of nitrogens with two attached hydrogens (primary N) is 2. The van der Waals surface area contributed by atoms with E-state index in [9.17, 15) is 0 Å². The number of hydrogen-bond acceptors (Lipinski definition) is 2. The quantitative estimate of drug-likeness (QED) is 0.640. The van der Waals surface area contributed by atoms with Gasteiger partial charge in [-0.15, -0.1) is 0 Å². The fourth-order valence-electron chi connectivity index (χ4n) is 2.67. The van der Waals surface area contributed by atoms with Crippen molar-refractivity contribution in [2.24, 2.45) is 5.73 Å². The van der Waals surface area contributed by atoms with Gasteiger partial charge in [0.2, 0.25) is 0 Å². The maximum absolute atomic E-state index is 5.98. The summed E-state index contributed by atoms with van der Waals surface area (Å²) in [6, 6.07) is 16.6. The molecule has 0 aliphatic heterocycles. The lowest BCUT2D eigenvalue weighted by atomic mass is 9.86. The highest BCUT2D eigenvalue weighted by Gasteiger charge is 2.18. The molecule has 0 saturated carbocycles. The molecule has 128 valence electrons. The molecular formula is C20H27N3S. The monoisotopic (exact) mass is 341 g/mol. The molecule has 4 heteroatoms. The molecule has 0 spiro atoms. The molecule has 24 heavy (non-hydrogen) atoms. The first kappa shape index (κ1) is 18.3. The standard InChI is InChI=1S/C20H27N3S/c1-14(16-7-11-18(21)12-8-16)23(19(22)24)13-15-5-9-17(10-6-15)20(2,3)4/h5-12,14H,13,21H2,1-4H3,(H2,22,24). The van der Waals surface area contributed by atoms with E-state index in [1.807, 2.05) is 29.2 Å². The van der Waals surface area contributed by atoms with Crippen molar-refractivity contribution < 1.29 is 0 Å². The first-order valence-electron chi connectivity index (χ1n) is 8.19. The Labute approximate surface area is 150 Å². The van der Waals surface area contributed by atoms with Gasteiger partial charge >= 0.3 is 0 Å². The van der Waals surface area contributed by atoms with Crippen LogP contribution in [0.15, 0.2) is 48.5 Å². The van der Waals surface area contributed by atoms with Crippen LogP contribution in [0.25, 0.3) is 0 Å². The summed E-state index contributed by atoms with van der Waals surface area (Å²) in [6.45, 7) is 9.44. The normalized spacial score (nSPS) is 12.7. The first-order chi connectivity index (χ1) is 11.2. The Balaban J connectivity index is 2.19. The van der Waals surface area contributed by atoms with Gasteiger partial charge in [0.1, 0.15) is 0 Å². The minimum Gasteiger partial charge on any atom is -0.399 e. The van der Waals surface area contributed by atoms with E-state index in [0.29, 0.717) is 11.7 Å². The van der Waals surface area contributed by atoms with E-state index >= 15 is 0 Å². The Kier molecular flexibility index (Phi) is 5.50. The molecule has 0 aromatic heterocycles. The number of thiocarbonyl (C=S) groups is 1. The molecule has 0 heterocycles. The van der Waals surface area contributed by atoms with Crippen LogP contribution in [0.5, 0.6) is 0 Å². The van der Waals surface area contributed by atoms with Gasteiger partial charge in [-0.1, -0.05) is 57.2 Å². The van der Waals surface area contributed by atoms with E-state index in [4.69, 9.17) is 23.7 Å². The van der Waals surface area contributed by atoms with E-state index in [1.54, 1.807) is 0 Å². The summed E-state index contributed by atoms with van der Waals surface area (Å²) in [5, 5.41) is 0.402. The van der Waals surface area contributed by atoms with Crippen LogP contribution in [0.2, 0.25) is 0 Å². The molecule has 0 saturated heterocycles. The van der Waals surface area contributed by atoms with Gasteiger partial charge in [-0.2, -0.15) is 0 Å². The predicted octanol–water partition coefficient (Wildman–Crippen LogP) is 4.37. The minimum absolute atomic E-state index is 0.0883. The molecule has 0 fully saturated rings. The second-order valence-electron chi connectivity index (χ2n) is 7.26. The second-order valence-corrected chi connectivity index (χ2v) is 7.67. The Morgan fingerprint density at radius 3 is 2.04 bits per heavy atom. The van der Waals surface area contributed by atoms with Gasteiger partial charge < -0.3 is 16.4 Å². The van der Waals surface area contributed by atoms with E-state index in [2.05, 4.69) is 52.0 Å². The number of nitrogen functional groups attached to an aromatic ring is 1. The van der Waals surface area contributed by atoms with Gasteiger partial charge in [0, 0.05) is 12.2 Å².